The number of hydrogen-bond acceptors (Lipinski definition) is 2. The molecular formula is C17H25FN2. The Morgan fingerprint density at radius 2 is 2.00 bits per heavy atom. The maximum Gasteiger partial charge on any atom is 0.123 e. The van der Waals surface area contributed by atoms with E-state index in [0.717, 1.165) is 24.6 Å². The van der Waals surface area contributed by atoms with E-state index >= 15 is 0 Å². The van der Waals surface area contributed by atoms with Gasteiger partial charge in [-0.1, -0.05) is 12.1 Å². The summed E-state index contributed by atoms with van der Waals surface area (Å²) in [5, 5.41) is 3.71. The van der Waals surface area contributed by atoms with Crippen LogP contribution in [0.3, 0.4) is 0 Å². The van der Waals surface area contributed by atoms with Crippen molar-refractivity contribution in [3.8, 4) is 0 Å². The Kier molecular flexibility index (Phi) is 4.37. The molecule has 3 rings (SSSR count). The molecule has 0 radical (unpaired) electrons. The smallest absolute Gasteiger partial charge is 0.123 e. The van der Waals surface area contributed by atoms with Crippen molar-refractivity contribution in [2.75, 3.05) is 19.6 Å². The van der Waals surface area contributed by atoms with E-state index in [9.17, 15) is 4.39 Å². The lowest BCUT2D eigenvalue weighted by atomic mass is 10.00. The third-order valence-corrected chi connectivity index (χ3v) is 4.80. The topological polar surface area (TPSA) is 15.3 Å². The second-order valence-corrected chi connectivity index (χ2v) is 6.39. The van der Waals surface area contributed by atoms with Crippen LogP contribution in [-0.2, 0) is 0 Å². The van der Waals surface area contributed by atoms with Crippen molar-refractivity contribution < 1.29 is 4.39 Å². The lowest BCUT2D eigenvalue weighted by Gasteiger charge is -2.36. The first-order chi connectivity index (χ1) is 9.72. The van der Waals surface area contributed by atoms with Crippen molar-refractivity contribution in [3.05, 3.63) is 35.6 Å². The molecule has 1 unspecified atom stereocenters. The molecule has 1 saturated heterocycles. The predicted octanol–water partition coefficient (Wildman–Crippen LogP) is 3.35. The Labute approximate surface area is 121 Å². The van der Waals surface area contributed by atoms with Gasteiger partial charge in [0.2, 0.25) is 0 Å². The number of hydrogen-bond donors (Lipinski definition) is 1. The standard InChI is InChI=1S/C17H25FN2/c1-13(15-3-2-4-16(18)11-15)20-9-7-17(8-10-20)19-12-14-5-6-14/h2-4,11,13-14,17,19H,5-10,12H2,1H3. The van der Waals surface area contributed by atoms with Crippen LogP contribution in [0.4, 0.5) is 4.39 Å². The maximum absolute atomic E-state index is 13.3. The molecule has 1 atom stereocenters. The molecule has 1 aromatic carbocycles. The van der Waals surface area contributed by atoms with Crippen LogP contribution in [0.25, 0.3) is 0 Å². The summed E-state index contributed by atoms with van der Waals surface area (Å²) in [6.07, 6.45) is 5.27. The van der Waals surface area contributed by atoms with Gasteiger partial charge in [0.15, 0.2) is 0 Å². The Balaban J connectivity index is 1.49. The second kappa shape index (κ2) is 6.23. The molecule has 2 aliphatic rings. The Hall–Kier alpha value is -0.930. The van der Waals surface area contributed by atoms with Gasteiger partial charge in [-0.05, 0) is 62.8 Å². The quantitative estimate of drug-likeness (QED) is 0.887. The summed E-state index contributed by atoms with van der Waals surface area (Å²) >= 11 is 0. The number of likely N-dealkylation sites (tertiary alicyclic amines) is 1. The highest BCUT2D eigenvalue weighted by atomic mass is 19.1. The van der Waals surface area contributed by atoms with E-state index in [-0.39, 0.29) is 5.82 Å². The van der Waals surface area contributed by atoms with E-state index in [1.807, 2.05) is 12.1 Å². The van der Waals surface area contributed by atoms with Crippen LogP contribution in [0.15, 0.2) is 24.3 Å². The van der Waals surface area contributed by atoms with Crippen LogP contribution in [0.1, 0.15) is 44.2 Å². The number of rotatable bonds is 5. The summed E-state index contributed by atoms with van der Waals surface area (Å²) in [5.74, 6) is 0.828. The zero-order valence-corrected chi connectivity index (χ0v) is 12.3. The second-order valence-electron chi connectivity index (χ2n) is 6.39. The van der Waals surface area contributed by atoms with Gasteiger partial charge in [0.1, 0.15) is 5.82 Å². The fraction of sp³-hybridized carbons (Fsp3) is 0.647. The first-order valence-corrected chi connectivity index (χ1v) is 7.95. The number of nitrogens with zero attached hydrogens (tertiary/aromatic N) is 1. The minimum absolute atomic E-state index is 0.129. The average Bonchev–Trinajstić information content (AvgIpc) is 3.29. The third-order valence-electron chi connectivity index (χ3n) is 4.80. The largest absolute Gasteiger partial charge is 0.314 e. The van der Waals surface area contributed by atoms with E-state index in [4.69, 9.17) is 0 Å². The van der Waals surface area contributed by atoms with Gasteiger partial charge in [-0.15, -0.1) is 0 Å². The van der Waals surface area contributed by atoms with Crippen molar-refractivity contribution in [2.24, 2.45) is 5.92 Å². The minimum atomic E-state index is -0.129. The molecule has 1 aromatic rings. The molecule has 1 heterocycles. The molecule has 3 heteroatoms. The van der Waals surface area contributed by atoms with Crippen molar-refractivity contribution in [1.29, 1.82) is 0 Å². The lowest BCUT2D eigenvalue weighted by molar-refractivity contribution is 0.152. The zero-order chi connectivity index (χ0) is 13.9. The molecule has 2 fully saturated rings. The van der Waals surface area contributed by atoms with Gasteiger partial charge in [0.05, 0.1) is 0 Å². The molecule has 1 aliphatic carbocycles. The van der Waals surface area contributed by atoms with Crippen LogP contribution in [-0.4, -0.2) is 30.6 Å². The van der Waals surface area contributed by atoms with Gasteiger partial charge < -0.3 is 5.32 Å². The molecule has 1 aliphatic heterocycles. The van der Waals surface area contributed by atoms with Gasteiger partial charge in [-0.2, -0.15) is 0 Å². The van der Waals surface area contributed by atoms with E-state index in [0.29, 0.717) is 12.1 Å². The molecule has 0 amide bonds. The first-order valence-electron chi connectivity index (χ1n) is 7.95. The van der Waals surface area contributed by atoms with Gasteiger partial charge in [-0.3, -0.25) is 4.90 Å². The molecule has 2 nitrogen and oxygen atoms in total. The molecule has 20 heavy (non-hydrogen) atoms. The summed E-state index contributed by atoms with van der Waals surface area (Å²) < 4.78 is 13.3. The predicted molar refractivity (Wildman–Crippen MR) is 80.1 cm³/mol. The summed E-state index contributed by atoms with van der Waals surface area (Å²) in [7, 11) is 0. The number of piperidine rings is 1. The molecular weight excluding hydrogens is 251 g/mol. The van der Waals surface area contributed by atoms with Crippen LogP contribution in [0.5, 0.6) is 0 Å². The summed E-state index contributed by atoms with van der Waals surface area (Å²) in [6, 6.07) is 8.03. The molecule has 1 saturated carbocycles. The zero-order valence-electron chi connectivity index (χ0n) is 12.3. The highest BCUT2D eigenvalue weighted by molar-refractivity contribution is 5.19. The summed E-state index contributed by atoms with van der Waals surface area (Å²) in [4.78, 5) is 2.48. The first kappa shape index (κ1) is 14.0. The normalized spacial score (nSPS) is 22.9. The summed E-state index contributed by atoms with van der Waals surface area (Å²) in [5.41, 5.74) is 1.09. The van der Waals surface area contributed by atoms with Crippen molar-refractivity contribution in [1.82, 2.24) is 10.2 Å². The Morgan fingerprint density at radius 1 is 1.25 bits per heavy atom. The van der Waals surface area contributed by atoms with E-state index in [2.05, 4.69) is 17.1 Å². The highest BCUT2D eigenvalue weighted by Gasteiger charge is 2.26. The van der Waals surface area contributed by atoms with Gasteiger partial charge >= 0.3 is 0 Å². The Morgan fingerprint density at radius 3 is 2.65 bits per heavy atom. The van der Waals surface area contributed by atoms with Crippen molar-refractivity contribution >= 4 is 0 Å². The van der Waals surface area contributed by atoms with Gasteiger partial charge in [0, 0.05) is 25.2 Å². The molecule has 0 aromatic heterocycles. The van der Waals surface area contributed by atoms with Crippen LogP contribution >= 0.6 is 0 Å². The van der Waals surface area contributed by atoms with Crippen LogP contribution in [0.2, 0.25) is 0 Å². The molecule has 1 N–H and O–H groups in total. The molecule has 0 spiro atoms. The van der Waals surface area contributed by atoms with Crippen molar-refractivity contribution in [3.63, 3.8) is 0 Å². The summed E-state index contributed by atoms with van der Waals surface area (Å²) in [6.45, 7) is 5.62. The fourth-order valence-corrected chi connectivity index (χ4v) is 3.12. The minimum Gasteiger partial charge on any atom is -0.314 e. The third kappa shape index (κ3) is 3.58. The van der Waals surface area contributed by atoms with Crippen LogP contribution in [0, 0.1) is 11.7 Å². The molecule has 110 valence electrons. The fourth-order valence-electron chi connectivity index (χ4n) is 3.12. The number of halogens is 1. The van der Waals surface area contributed by atoms with E-state index in [1.165, 1.54) is 38.3 Å². The number of benzene rings is 1. The van der Waals surface area contributed by atoms with Gasteiger partial charge in [-0.25, -0.2) is 4.39 Å². The maximum atomic E-state index is 13.3. The highest BCUT2D eigenvalue weighted by Crippen LogP contribution is 2.29. The average molecular weight is 276 g/mol. The van der Waals surface area contributed by atoms with Crippen LogP contribution < -0.4 is 5.32 Å². The SMILES string of the molecule is CC(c1cccc(F)c1)N1CCC(NCC2CC2)CC1. The van der Waals surface area contributed by atoms with E-state index in [1.54, 1.807) is 6.07 Å². The van der Waals surface area contributed by atoms with E-state index < -0.39 is 0 Å². The lowest BCUT2D eigenvalue weighted by Crippen LogP contribution is -2.43. The van der Waals surface area contributed by atoms with Gasteiger partial charge in [0.25, 0.3) is 0 Å². The van der Waals surface area contributed by atoms with Crippen molar-refractivity contribution in [2.45, 2.75) is 44.7 Å². The monoisotopic (exact) mass is 276 g/mol. The molecule has 0 bridgehead atoms. The number of nitrogens with one attached hydrogen (secondary N) is 1. The Bertz CT molecular complexity index is 436.